The Kier molecular flexibility index (Phi) is 7.18. The third-order valence-electron chi connectivity index (χ3n) is 5.82. The van der Waals surface area contributed by atoms with Crippen molar-refractivity contribution in [1.82, 2.24) is 10.6 Å². The highest BCUT2D eigenvalue weighted by molar-refractivity contribution is 5.92. The zero-order chi connectivity index (χ0) is 25.1. The number of fused-ring (bicyclic) bond motifs is 3. The minimum atomic E-state index is -5.20. The number of benzene rings is 2. The van der Waals surface area contributed by atoms with Gasteiger partial charge in [-0.2, -0.15) is 13.2 Å². The molecule has 2 atom stereocenters. The summed E-state index contributed by atoms with van der Waals surface area (Å²) in [6.07, 6.45) is -5.89. The number of carboxylic acids is 1. The fourth-order valence-electron chi connectivity index (χ4n) is 4.17. The van der Waals surface area contributed by atoms with Crippen LogP contribution in [0.2, 0.25) is 0 Å². The average molecular weight is 478 g/mol. The van der Waals surface area contributed by atoms with E-state index in [9.17, 15) is 27.6 Å². The van der Waals surface area contributed by atoms with Gasteiger partial charge in [0, 0.05) is 5.92 Å². The molecule has 182 valence electrons. The van der Waals surface area contributed by atoms with E-state index in [1.165, 1.54) is 12.2 Å². The second-order valence-electron chi connectivity index (χ2n) is 8.32. The van der Waals surface area contributed by atoms with Crippen LogP contribution in [0.5, 0.6) is 0 Å². The van der Waals surface area contributed by atoms with Gasteiger partial charge in [0.1, 0.15) is 12.1 Å². The molecule has 34 heavy (non-hydrogen) atoms. The maximum Gasteiger partial charge on any atom is 0.419 e. The highest BCUT2D eigenvalue weighted by Gasteiger charge is 2.48. The number of halogens is 3. The van der Waals surface area contributed by atoms with E-state index in [0.29, 0.717) is 6.42 Å². The lowest BCUT2D eigenvalue weighted by Gasteiger charge is -2.31. The number of alkyl carbamates (subject to hydrolysis) is 1. The molecule has 1 aliphatic carbocycles. The molecule has 2 amide bonds. The van der Waals surface area contributed by atoms with E-state index in [0.717, 1.165) is 22.3 Å². The molecule has 2 aromatic carbocycles. The van der Waals surface area contributed by atoms with E-state index in [1.54, 1.807) is 6.92 Å². The van der Waals surface area contributed by atoms with Crippen LogP contribution in [0, 0.1) is 0 Å². The molecule has 0 bridgehead atoms. The van der Waals surface area contributed by atoms with Gasteiger partial charge in [0.2, 0.25) is 11.9 Å². The molecule has 0 saturated carbocycles. The van der Waals surface area contributed by atoms with Crippen LogP contribution < -0.4 is 10.6 Å². The van der Waals surface area contributed by atoms with Crippen LogP contribution >= 0.6 is 0 Å². The monoisotopic (exact) mass is 478 g/mol. The summed E-state index contributed by atoms with van der Waals surface area (Å²) in [6, 6.07) is 12.3. The van der Waals surface area contributed by atoms with E-state index in [4.69, 9.17) is 9.84 Å². The highest BCUT2D eigenvalue weighted by Crippen LogP contribution is 2.44. The Morgan fingerprint density at radius 2 is 1.56 bits per heavy atom. The zero-order valence-corrected chi connectivity index (χ0v) is 18.6. The number of rotatable bonds is 8. The van der Waals surface area contributed by atoms with Crippen molar-refractivity contribution in [2.75, 3.05) is 6.61 Å². The average Bonchev–Trinajstić information content (AvgIpc) is 3.08. The number of hydrogen-bond acceptors (Lipinski definition) is 4. The number of aliphatic carboxylic acids is 1. The number of hydrogen-bond donors (Lipinski definition) is 3. The van der Waals surface area contributed by atoms with Gasteiger partial charge in [0.05, 0.1) is 0 Å². The molecule has 2 aromatic rings. The summed E-state index contributed by atoms with van der Waals surface area (Å²) in [5.41, 5.74) is 2.18. The maximum absolute atomic E-state index is 13.0. The first kappa shape index (κ1) is 25.1. The molecule has 0 aromatic heterocycles. The molecule has 0 heterocycles. The molecule has 10 heteroatoms. The van der Waals surface area contributed by atoms with Crippen LogP contribution in [0.25, 0.3) is 11.1 Å². The molecule has 0 spiro atoms. The summed E-state index contributed by atoms with van der Waals surface area (Å²) in [4.78, 5) is 36.2. The molecular formula is C24H25F3N2O5. The molecule has 3 rings (SSSR count). The van der Waals surface area contributed by atoms with Gasteiger partial charge in [-0.1, -0.05) is 61.9 Å². The molecule has 0 fully saturated rings. The number of ether oxygens (including phenoxy) is 1. The van der Waals surface area contributed by atoms with E-state index < -0.39 is 35.7 Å². The predicted octanol–water partition coefficient (Wildman–Crippen LogP) is 4.22. The second kappa shape index (κ2) is 9.74. The number of alkyl halides is 3. The van der Waals surface area contributed by atoms with Crippen LogP contribution in [0.3, 0.4) is 0 Å². The van der Waals surface area contributed by atoms with Crippen LogP contribution in [0.1, 0.15) is 43.7 Å². The fraction of sp³-hybridized carbons (Fsp3) is 0.375. The molecule has 0 saturated heterocycles. The van der Waals surface area contributed by atoms with Crippen molar-refractivity contribution in [3.8, 4) is 11.1 Å². The molecule has 7 nitrogen and oxygen atoms in total. The molecule has 2 unspecified atom stereocenters. The van der Waals surface area contributed by atoms with Crippen molar-refractivity contribution in [3.63, 3.8) is 0 Å². The van der Waals surface area contributed by atoms with Crippen LogP contribution in [-0.2, 0) is 14.3 Å². The summed E-state index contributed by atoms with van der Waals surface area (Å²) in [7, 11) is 0. The highest BCUT2D eigenvalue weighted by atomic mass is 19.4. The van der Waals surface area contributed by atoms with Gasteiger partial charge in [-0.05, 0) is 35.6 Å². The van der Waals surface area contributed by atoms with Crippen molar-refractivity contribution < 1.29 is 37.4 Å². The van der Waals surface area contributed by atoms with Crippen LogP contribution in [0.15, 0.2) is 48.5 Å². The van der Waals surface area contributed by atoms with Gasteiger partial charge >= 0.3 is 18.2 Å². The van der Waals surface area contributed by atoms with Gasteiger partial charge in [-0.25, -0.2) is 9.59 Å². The normalized spacial score (nSPS) is 15.4. The molecule has 1 aliphatic rings. The zero-order valence-electron chi connectivity index (χ0n) is 18.6. The first-order chi connectivity index (χ1) is 16.0. The van der Waals surface area contributed by atoms with Gasteiger partial charge in [0.25, 0.3) is 0 Å². The molecular weight excluding hydrogens is 453 g/mol. The van der Waals surface area contributed by atoms with E-state index in [1.807, 2.05) is 48.5 Å². The lowest BCUT2D eigenvalue weighted by Crippen LogP contribution is -2.62. The third-order valence-corrected chi connectivity index (χ3v) is 5.82. The minimum Gasteiger partial charge on any atom is -0.479 e. The Hall–Kier alpha value is -3.56. The summed E-state index contributed by atoms with van der Waals surface area (Å²) < 4.78 is 44.4. The Balaban J connectivity index is 1.72. The van der Waals surface area contributed by atoms with Gasteiger partial charge in [-0.15, -0.1) is 0 Å². The third kappa shape index (κ3) is 5.16. The van der Waals surface area contributed by atoms with E-state index >= 15 is 0 Å². The number of amides is 2. The summed E-state index contributed by atoms with van der Waals surface area (Å²) in [6.45, 7) is 2.84. The molecule has 3 N–H and O–H groups in total. The van der Waals surface area contributed by atoms with Gasteiger partial charge in [-0.3, -0.25) is 4.79 Å². The summed E-state index contributed by atoms with van der Waals surface area (Å²) in [5.74, 6) is -3.76. The first-order valence-electron chi connectivity index (χ1n) is 10.7. The number of carboxylic acid groups (broad SMARTS) is 1. The lowest BCUT2D eigenvalue weighted by molar-refractivity contribution is -0.182. The Morgan fingerprint density at radius 3 is 2.03 bits per heavy atom. The summed E-state index contributed by atoms with van der Waals surface area (Å²) >= 11 is 0. The second-order valence-corrected chi connectivity index (χ2v) is 8.32. The van der Waals surface area contributed by atoms with Crippen molar-refractivity contribution in [3.05, 3.63) is 59.7 Å². The number of carbonyl (C=O) groups is 3. The Morgan fingerprint density at radius 1 is 1.03 bits per heavy atom. The minimum absolute atomic E-state index is 0.0345. The van der Waals surface area contributed by atoms with Crippen molar-refractivity contribution in [2.45, 2.75) is 50.4 Å². The fourth-order valence-corrected chi connectivity index (χ4v) is 4.17. The maximum atomic E-state index is 13.0. The number of nitrogens with one attached hydrogen (secondary N) is 2. The van der Waals surface area contributed by atoms with E-state index in [2.05, 4.69) is 5.32 Å². The van der Waals surface area contributed by atoms with Crippen molar-refractivity contribution >= 4 is 18.0 Å². The van der Waals surface area contributed by atoms with E-state index in [-0.39, 0.29) is 18.9 Å². The summed E-state index contributed by atoms with van der Waals surface area (Å²) in [5, 5.41) is 12.7. The van der Waals surface area contributed by atoms with Crippen LogP contribution in [0.4, 0.5) is 18.0 Å². The van der Waals surface area contributed by atoms with Crippen LogP contribution in [-0.4, -0.2) is 47.4 Å². The molecule has 0 aliphatic heterocycles. The number of carbonyl (C=O) groups excluding carboxylic acids is 2. The predicted molar refractivity (Wildman–Crippen MR) is 117 cm³/mol. The smallest absolute Gasteiger partial charge is 0.419 e. The lowest BCUT2D eigenvalue weighted by atomic mass is 9.94. The quantitative estimate of drug-likeness (QED) is 0.527. The largest absolute Gasteiger partial charge is 0.479 e. The SMILES string of the molecule is CCCC(C)(NC(=O)OCC1c2ccccc2-c2ccccc21)C(=O)NC(C(=O)O)C(F)(F)F. The first-order valence-corrected chi connectivity index (χ1v) is 10.7. The standard InChI is InChI=1S/C24H25F3N2O5/c1-3-12-23(2,21(32)28-19(20(30)31)24(25,26)27)29-22(33)34-13-18-16-10-6-4-8-14(16)15-9-5-7-11-17(15)18/h4-11,18-19H,3,12-13H2,1-2H3,(H,28,32)(H,29,33)(H,30,31). The Labute approximate surface area is 194 Å². The Bertz CT molecular complexity index is 1040. The van der Waals surface area contributed by atoms with Gasteiger partial charge < -0.3 is 20.5 Å². The molecule has 0 radical (unpaired) electrons. The topological polar surface area (TPSA) is 105 Å². The van der Waals surface area contributed by atoms with Crippen molar-refractivity contribution in [2.24, 2.45) is 0 Å². The van der Waals surface area contributed by atoms with Gasteiger partial charge in [0.15, 0.2) is 0 Å². The van der Waals surface area contributed by atoms with Crippen molar-refractivity contribution in [1.29, 1.82) is 0 Å².